The van der Waals surface area contributed by atoms with Gasteiger partial charge in [-0.15, -0.1) is 0 Å². The van der Waals surface area contributed by atoms with E-state index < -0.39 is 0 Å². The molecule has 0 aromatic heterocycles. The highest BCUT2D eigenvalue weighted by Gasteiger charge is 2.45. The van der Waals surface area contributed by atoms with E-state index in [1.165, 1.54) is 25.7 Å². The van der Waals surface area contributed by atoms with E-state index in [2.05, 4.69) is 10.3 Å². The fraction of sp³-hybridized carbons (Fsp3) is 1.00. The third-order valence-corrected chi connectivity index (χ3v) is 4.29. The number of morpholine rings is 1. The molecular formula is C12H25N3O2. The molecule has 1 atom stereocenters. The monoisotopic (exact) mass is 243 g/mol. The van der Waals surface area contributed by atoms with Crippen molar-refractivity contribution in [3.63, 3.8) is 0 Å². The highest BCUT2D eigenvalue weighted by molar-refractivity contribution is 5.03. The third kappa shape index (κ3) is 2.63. The zero-order valence-electron chi connectivity index (χ0n) is 10.8. The SMILES string of the molecule is COCC(NN)C1(N2CCOCC2)CCCC1. The Balaban J connectivity index is 2.11. The first-order valence-electron chi connectivity index (χ1n) is 6.61. The Hall–Kier alpha value is -0.200. The van der Waals surface area contributed by atoms with Crippen molar-refractivity contribution in [2.75, 3.05) is 40.0 Å². The van der Waals surface area contributed by atoms with Crippen LogP contribution < -0.4 is 11.3 Å². The Labute approximate surface area is 104 Å². The maximum atomic E-state index is 5.74. The van der Waals surface area contributed by atoms with Gasteiger partial charge in [-0.05, 0) is 12.8 Å². The van der Waals surface area contributed by atoms with Crippen LogP contribution in [0, 0.1) is 0 Å². The van der Waals surface area contributed by atoms with Crippen LogP contribution >= 0.6 is 0 Å². The molecule has 5 heteroatoms. The molecule has 1 heterocycles. The molecule has 0 radical (unpaired) electrons. The molecule has 1 aliphatic heterocycles. The summed E-state index contributed by atoms with van der Waals surface area (Å²) in [5.74, 6) is 5.74. The Morgan fingerprint density at radius 3 is 2.53 bits per heavy atom. The van der Waals surface area contributed by atoms with Gasteiger partial charge >= 0.3 is 0 Å². The molecule has 0 amide bonds. The number of hydrogen-bond acceptors (Lipinski definition) is 5. The quantitative estimate of drug-likeness (QED) is 0.530. The second kappa shape index (κ2) is 6.11. The first-order chi connectivity index (χ1) is 8.33. The van der Waals surface area contributed by atoms with Crippen LogP contribution in [0.2, 0.25) is 0 Å². The standard InChI is InChI=1S/C12H25N3O2/c1-16-10-11(14-13)12(4-2-3-5-12)15-6-8-17-9-7-15/h11,14H,2-10,13H2,1H3. The summed E-state index contributed by atoms with van der Waals surface area (Å²) < 4.78 is 10.8. The van der Waals surface area contributed by atoms with Crippen LogP contribution in [0.25, 0.3) is 0 Å². The van der Waals surface area contributed by atoms with E-state index in [1.807, 2.05) is 0 Å². The Morgan fingerprint density at radius 1 is 1.35 bits per heavy atom. The number of nitrogens with one attached hydrogen (secondary N) is 1. The molecule has 2 rings (SSSR count). The van der Waals surface area contributed by atoms with Gasteiger partial charge in [0.15, 0.2) is 0 Å². The van der Waals surface area contributed by atoms with Crippen molar-refractivity contribution in [1.29, 1.82) is 0 Å². The minimum Gasteiger partial charge on any atom is -0.383 e. The average molecular weight is 243 g/mol. The largest absolute Gasteiger partial charge is 0.383 e. The molecule has 1 aliphatic carbocycles. The topological polar surface area (TPSA) is 59.8 Å². The van der Waals surface area contributed by atoms with Crippen LogP contribution in [0.5, 0.6) is 0 Å². The van der Waals surface area contributed by atoms with Crippen LogP contribution in [0.1, 0.15) is 25.7 Å². The maximum Gasteiger partial charge on any atom is 0.0647 e. The second-order valence-electron chi connectivity index (χ2n) is 5.08. The van der Waals surface area contributed by atoms with Gasteiger partial charge in [0, 0.05) is 25.7 Å². The Kier molecular flexibility index (Phi) is 4.76. The zero-order chi connectivity index (χ0) is 12.1. The van der Waals surface area contributed by atoms with E-state index in [1.54, 1.807) is 7.11 Å². The minimum atomic E-state index is 0.175. The number of ether oxygens (including phenoxy) is 2. The molecule has 5 nitrogen and oxygen atoms in total. The fourth-order valence-electron chi connectivity index (χ4n) is 3.41. The Morgan fingerprint density at radius 2 is 2.00 bits per heavy atom. The molecule has 1 saturated heterocycles. The maximum absolute atomic E-state index is 5.74. The minimum absolute atomic E-state index is 0.175. The molecule has 2 aliphatic rings. The first kappa shape index (κ1) is 13.2. The third-order valence-electron chi connectivity index (χ3n) is 4.29. The zero-order valence-corrected chi connectivity index (χ0v) is 10.8. The van der Waals surface area contributed by atoms with Gasteiger partial charge in [-0.25, -0.2) is 0 Å². The van der Waals surface area contributed by atoms with Gasteiger partial charge in [0.2, 0.25) is 0 Å². The Bertz CT molecular complexity index is 219. The average Bonchev–Trinajstić information content (AvgIpc) is 2.87. The number of hydrogen-bond donors (Lipinski definition) is 2. The van der Waals surface area contributed by atoms with E-state index in [9.17, 15) is 0 Å². The van der Waals surface area contributed by atoms with E-state index in [0.717, 1.165) is 26.3 Å². The van der Waals surface area contributed by atoms with Gasteiger partial charge in [0.1, 0.15) is 0 Å². The lowest BCUT2D eigenvalue weighted by Gasteiger charge is -2.47. The molecule has 100 valence electrons. The molecule has 1 unspecified atom stereocenters. The number of methoxy groups -OCH3 is 1. The highest BCUT2D eigenvalue weighted by atomic mass is 16.5. The predicted molar refractivity (Wildman–Crippen MR) is 66.6 cm³/mol. The summed E-state index contributed by atoms with van der Waals surface area (Å²) in [5, 5.41) is 0. The summed E-state index contributed by atoms with van der Waals surface area (Å²) in [5.41, 5.74) is 3.15. The molecule has 0 aromatic rings. The van der Waals surface area contributed by atoms with Gasteiger partial charge in [0.05, 0.1) is 25.9 Å². The van der Waals surface area contributed by atoms with Crippen molar-refractivity contribution >= 4 is 0 Å². The number of nitrogens with two attached hydrogens (primary N) is 1. The summed E-state index contributed by atoms with van der Waals surface area (Å²) >= 11 is 0. The molecular weight excluding hydrogens is 218 g/mol. The summed E-state index contributed by atoms with van der Waals surface area (Å²) in [6.45, 7) is 4.38. The highest BCUT2D eigenvalue weighted by Crippen LogP contribution is 2.38. The van der Waals surface area contributed by atoms with Gasteiger partial charge < -0.3 is 9.47 Å². The van der Waals surface area contributed by atoms with Gasteiger partial charge in [-0.3, -0.25) is 16.2 Å². The van der Waals surface area contributed by atoms with Crippen molar-refractivity contribution in [1.82, 2.24) is 10.3 Å². The molecule has 17 heavy (non-hydrogen) atoms. The summed E-state index contributed by atoms with van der Waals surface area (Å²) in [4.78, 5) is 2.56. The molecule has 1 saturated carbocycles. The number of rotatable bonds is 5. The molecule has 3 N–H and O–H groups in total. The summed E-state index contributed by atoms with van der Waals surface area (Å²) in [6.07, 6.45) is 5.01. The van der Waals surface area contributed by atoms with Gasteiger partial charge in [0.25, 0.3) is 0 Å². The molecule has 0 aromatic carbocycles. The number of nitrogens with zero attached hydrogens (tertiary/aromatic N) is 1. The van der Waals surface area contributed by atoms with E-state index >= 15 is 0 Å². The molecule has 0 bridgehead atoms. The van der Waals surface area contributed by atoms with Gasteiger partial charge in [-0.1, -0.05) is 12.8 Å². The lowest BCUT2D eigenvalue weighted by molar-refractivity contribution is -0.0465. The summed E-state index contributed by atoms with van der Waals surface area (Å²) in [7, 11) is 1.74. The van der Waals surface area contributed by atoms with Crippen LogP contribution in [0.4, 0.5) is 0 Å². The smallest absolute Gasteiger partial charge is 0.0647 e. The molecule has 0 spiro atoms. The lowest BCUT2D eigenvalue weighted by atomic mass is 9.86. The second-order valence-corrected chi connectivity index (χ2v) is 5.08. The van der Waals surface area contributed by atoms with E-state index in [-0.39, 0.29) is 11.6 Å². The van der Waals surface area contributed by atoms with Crippen molar-refractivity contribution in [3.8, 4) is 0 Å². The van der Waals surface area contributed by atoms with Gasteiger partial charge in [-0.2, -0.15) is 0 Å². The van der Waals surface area contributed by atoms with E-state index in [0.29, 0.717) is 6.61 Å². The van der Waals surface area contributed by atoms with Crippen molar-refractivity contribution in [3.05, 3.63) is 0 Å². The summed E-state index contributed by atoms with van der Waals surface area (Å²) in [6, 6.07) is 0.216. The predicted octanol–water partition coefficient (Wildman–Crippen LogP) is 0.110. The van der Waals surface area contributed by atoms with Crippen molar-refractivity contribution in [2.45, 2.75) is 37.3 Å². The van der Waals surface area contributed by atoms with E-state index in [4.69, 9.17) is 15.3 Å². The van der Waals surface area contributed by atoms with Crippen LogP contribution in [0.3, 0.4) is 0 Å². The first-order valence-corrected chi connectivity index (χ1v) is 6.61. The van der Waals surface area contributed by atoms with Crippen LogP contribution in [0.15, 0.2) is 0 Å². The normalized spacial score (nSPS) is 27.2. The van der Waals surface area contributed by atoms with Crippen LogP contribution in [-0.4, -0.2) is 56.5 Å². The van der Waals surface area contributed by atoms with Crippen LogP contribution in [-0.2, 0) is 9.47 Å². The lowest BCUT2D eigenvalue weighted by Crippen LogP contribution is -2.65. The number of hydrazine groups is 1. The van der Waals surface area contributed by atoms with Crippen molar-refractivity contribution in [2.24, 2.45) is 5.84 Å². The fourth-order valence-corrected chi connectivity index (χ4v) is 3.41. The van der Waals surface area contributed by atoms with Crippen molar-refractivity contribution < 1.29 is 9.47 Å². The molecule has 2 fully saturated rings.